The van der Waals surface area contributed by atoms with Crippen LogP contribution in [0.3, 0.4) is 0 Å². The molecule has 0 fully saturated rings. The van der Waals surface area contributed by atoms with Crippen molar-refractivity contribution in [3.05, 3.63) is 37.0 Å². The fourth-order valence-electron chi connectivity index (χ4n) is 1.54. The maximum atomic E-state index is 5.93. The van der Waals surface area contributed by atoms with Crippen molar-refractivity contribution < 1.29 is 4.74 Å². The Morgan fingerprint density at radius 3 is 2.79 bits per heavy atom. The van der Waals surface area contributed by atoms with Crippen LogP contribution >= 0.6 is 50.1 Å². The predicted molar refractivity (Wildman–Crippen MR) is 88.0 cm³/mol. The number of hydrogen-bond donors (Lipinski definition) is 1. The third-order valence-electron chi connectivity index (χ3n) is 2.40. The summed E-state index contributed by atoms with van der Waals surface area (Å²) in [6, 6.07) is 5.43. The van der Waals surface area contributed by atoms with Crippen LogP contribution in [0.25, 0.3) is 11.4 Å². The van der Waals surface area contributed by atoms with Gasteiger partial charge in [-0.2, -0.15) is 0 Å². The number of methoxy groups -OCH3 is 1. The molecule has 0 aliphatic rings. The molecule has 1 heterocycles. The van der Waals surface area contributed by atoms with Gasteiger partial charge in [0.2, 0.25) is 0 Å². The number of nitrogens with zero attached hydrogens (tertiary/aromatic N) is 2. The number of nitrogens with two attached hydrogens (primary N) is 1. The predicted octanol–water partition coefficient (Wildman–Crippen LogP) is 3.89. The Hall–Kier alpha value is -0.440. The van der Waals surface area contributed by atoms with E-state index in [4.69, 9.17) is 22.1 Å². The summed E-state index contributed by atoms with van der Waals surface area (Å²) in [6.07, 6.45) is 0. The molecule has 2 aromatic rings. The van der Waals surface area contributed by atoms with E-state index in [0.29, 0.717) is 23.3 Å². The van der Waals surface area contributed by atoms with Crippen LogP contribution in [0.15, 0.2) is 22.7 Å². The molecule has 100 valence electrons. The molecular weight excluding hydrogens is 444 g/mol. The average molecular weight is 454 g/mol. The van der Waals surface area contributed by atoms with Crippen molar-refractivity contribution in [2.45, 2.75) is 6.61 Å². The van der Waals surface area contributed by atoms with Crippen molar-refractivity contribution in [1.82, 2.24) is 9.97 Å². The van der Waals surface area contributed by atoms with E-state index < -0.39 is 0 Å². The summed E-state index contributed by atoms with van der Waals surface area (Å²) < 4.78 is 6.76. The molecule has 0 bridgehead atoms. The molecule has 2 rings (SSSR count). The van der Waals surface area contributed by atoms with Gasteiger partial charge in [0, 0.05) is 22.2 Å². The molecule has 2 N–H and O–H groups in total. The number of nitrogen functional groups attached to an aromatic ring is 1. The summed E-state index contributed by atoms with van der Waals surface area (Å²) in [4.78, 5) is 8.79. The highest BCUT2D eigenvalue weighted by molar-refractivity contribution is 14.1. The van der Waals surface area contributed by atoms with E-state index in [9.17, 15) is 0 Å². The SMILES string of the molecule is COCc1nc(-c2ccc(Cl)cc2Br)nc(N)c1I. The van der Waals surface area contributed by atoms with Crippen molar-refractivity contribution in [2.24, 2.45) is 0 Å². The smallest absolute Gasteiger partial charge is 0.163 e. The lowest BCUT2D eigenvalue weighted by Crippen LogP contribution is -2.06. The van der Waals surface area contributed by atoms with Crippen LogP contribution in [0, 0.1) is 3.57 Å². The Labute approximate surface area is 138 Å². The Morgan fingerprint density at radius 1 is 1.42 bits per heavy atom. The van der Waals surface area contributed by atoms with Crippen LogP contribution in [-0.4, -0.2) is 17.1 Å². The van der Waals surface area contributed by atoms with Gasteiger partial charge in [-0.05, 0) is 56.7 Å². The summed E-state index contributed by atoms with van der Waals surface area (Å²) in [5.74, 6) is 0.994. The van der Waals surface area contributed by atoms with Gasteiger partial charge >= 0.3 is 0 Å². The second-order valence-corrected chi connectivity index (χ2v) is 6.12. The molecule has 1 aromatic carbocycles. The minimum Gasteiger partial charge on any atom is -0.383 e. The van der Waals surface area contributed by atoms with E-state index in [2.05, 4.69) is 48.5 Å². The number of halogens is 3. The first-order chi connectivity index (χ1) is 9.02. The van der Waals surface area contributed by atoms with Crippen molar-refractivity contribution in [3.63, 3.8) is 0 Å². The molecule has 0 spiro atoms. The number of ether oxygens (including phenoxy) is 1. The number of aromatic nitrogens is 2. The third-order valence-corrected chi connectivity index (χ3v) is 4.46. The fraction of sp³-hybridized carbons (Fsp3) is 0.167. The Kier molecular flexibility index (Phi) is 4.99. The second kappa shape index (κ2) is 6.34. The summed E-state index contributed by atoms with van der Waals surface area (Å²) in [5.41, 5.74) is 7.52. The first kappa shape index (κ1) is 15.0. The van der Waals surface area contributed by atoms with Crippen LogP contribution < -0.4 is 5.73 Å². The quantitative estimate of drug-likeness (QED) is 0.715. The summed E-state index contributed by atoms with van der Waals surface area (Å²) in [6.45, 7) is 0.392. The van der Waals surface area contributed by atoms with Crippen molar-refractivity contribution in [2.75, 3.05) is 12.8 Å². The van der Waals surface area contributed by atoms with Crippen molar-refractivity contribution >= 4 is 55.9 Å². The Balaban J connectivity index is 2.56. The number of hydrogen-bond acceptors (Lipinski definition) is 4. The van der Waals surface area contributed by atoms with Crippen molar-refractivity contribution in [1.29, 1.82) is 0 Å². The molecule has 0 radical (unpaired) electrons. The normalized spacial score (nSPS) is 10.7. The zero-order valence-corrected chi connectivity index (χ0v) is 14.5. The Bertz CT molecular complexity index is 624. The molecular formula is C12H10BrClIN3O. The Morgan fingerprint density at radius 2 is 2.16 bits per heavy atom. The molecule has 19 heavy (non-hydrogen) atoms. The monoisotopic (exact) mass is 453 g/mol. The zero-order chi connectivity index (χ0) is 14.0. The van der Waals surface area contributed by atoms with Gasteiger partial charge in [-0.15, -0.1) is 0 Å². The van der Waals surface area contributed by atoms with Gasteiger partial charge in [0.05, 0.1) is 15.9 Å². The van der Waals surface area contributed by atoms with E-state index in [1.54, 1.807) is 19.2 Å². The largest absolute Gasteiger partial charge is 0.383 e. The first-order valence-electron chi connectivity index (χ1n) is 5.29. The lowest BCUT2D eigenvalue weighted by atomic mass is 10.2. The van der Waals surface area contributed by atoms with Gasteiger partial charge in [-0.3, -0.25) is 0 Å². The lowest BCUT2D eigenvalue weighted by molar-refractivity contribution is 0.181. The standard InChI is InChI=1S/C12H10BrClIN3O/c1-19-5-9-10(15)11(16)18-12(17-9)7-3-2-6(14)4-8(7)13/h2-4H,5H2,1H3,(H2,16,17,18). The van der Waals surface area contributed by atoms with E-state index >= 15 is 0 Å². The van der Waals surface area contributed by atoms with Gasteiger partial charge in [-0.25, -0.2) is 9.97 Å². The third kappa shape index (κ3) is 3.36. The molecule has 1 aromatic heterocycles. The molecule has 0 aliphatic carbocycles. The van der Waals surface area contributed by atoms with E-state index in [-0.39, 0.29) is 0 Å². The van der Waals surface area contributed by atoms with Gasteiger partial charge in [0.1, 0.15) is 5.82 Å². The number of rotatable bonds is 3. The number of benzene rings is 1. The van der Waals surface area contributed by atoms with E-state index in [1.807, 2.05) is 6.07 Å². The van der Waals surface area contributed by atoms with Gasteiger partial charge in [0.15, 0.2) is 5.82 Å². The highest BCUT2D eigenvalue weighted by Gasteiger charge is 2.13. The molecule has 0 unspecified atom stereocenters. The summed E-state index contributed by atoms with van der Waals surface area (Å²) in [5, 5.41) is 0.645. The van der Waals surface area contributed by atoms with Crippen LogP contribution in [0.1, 0.15) is 5.69 Å². The second-order valence-electron chi connectivity index (χ2n) is 3.75. The fourth-order valence-corrected chi connectivity index (χ4v) is 2.79. The van der Waals surface area contributed by atoms with Crippen LogP contribution in [0.4, 0.5) is 5.82 Å². The molecule has 4 nitrogen and oxygen atoms in total. The molecule has 0 aliphatic heterocycles. The van der Waals surface area contributed by atoms with Gasteiger partial charge in [-0.1, -0.05) is 11.6 Å². The lowest BCUT2D eigenvalue weighted by Gasteiger charge is -2.09. The highest BCUT2D eigenvalue weighted by Crippen LogP contribution is 2.30. The molecule has 0 saturated carbocycles. The van der Waals surface area contributed by atoms with Crippen LogP contribution in [0.2, 0.25) is 5.02 Å². The summed E-state index contributed by atoms with van der Waals surface area (Å²) in [7, 11) is 1.62. The first-order valence-corrected chi connectivity index (χ1v) is 7.54. The minimum atomic E-state index is 0.392. The van der Waals surface area contributed by atoms with Gasteiger partial charge in [0.25, 0.3) is 0 Å². The van der Waals surface area contributed by atoms with Crippen molar-refractivity contribution in [3.8, 4) is 11.4 Å². The minimum absolute atomic E-state index is 0.392. The maximum Gasteiger partial charge on any atom is 0.163 e. The average Bonchev–Trinajstić information content (AvgIpc) is 2.35. The molecule has 7 heteroatoms. The zero-order valence-electron chi connectivity index (χ0n) is 9.95. The van der Waals surface area contributed by atoms with Crippen LogP contribution in [-0.2, 0) is 11.3 Å². The highest BCUT2D eigenvalue weighted by atomic mass is 127. The van der Waals surface area contributed by atoms with Gasteiger partial charge < -0.3 is 10.5 Å². The van der Waals surface area contributed by atoms with E-state index in [1.165, 1.54) is 0 Å². The topological polar surface area (TPSA) is 61.0 Å². The maximum absolute atomic E-state index is 5.93. The summed E-state index contributed by atoms with van der Waals surface area (Å²) >= 11 is 11.5. The molecule has 0 amide bonds. The number of anilines is 1. The molecule has 0 atom stereocenters. The van der Waals surface area contributed by atoms with Crippen LogP contribution in [0.5, 0.6) is 0 Å². The van der Waals surface area contributed by atoms with E-state index in [0.717, 1.165) is 19.3 Å². The molecule has 0 saturated heterocycles.